The Labute approximate surface area is 164 Å². The Morgan fingerprint density at radius 1 is 1.25 bits per heavy atom. The Morgan fingerprint density at radius 2 is 1.96 bits per heavy atom. The number of carbonyl (C=O) groups is 3. The summed E-state index contributed by atoms with van der Waals surface area (Å²) in [6.45, 7) is 2.32. The molecule has 2 fully saturated rings. The summed E-state index contributed by atoms with van der Waals surface area (Å²) in [6, 6.07) is 6.13. The van der Waals surface area contributed by atoms with Gasteiger partial charge >= 0.3 is 6.03 Å². The number of urea groups is 1. The van der Waals surface area contributed by atoms with Gasteiger partial charge in [-0.15, -0.1) is 0 Å². The number of methoxy groups -OCH3 is 1. The number of amides is 4. The monoisotopic (exact) mass is 389 g/mol. The van der Waals surface area contributed by atoms with Crippen molar-refractivity contribution in [1.82, 2.24) is 15.5 Å². The van der Waals surface area contributed by atoms with E-state index in [-0.39, 0.29) is 24.8 Å². The quantitative estimate of drug-likeness (QED) is 0.656. The summed E-state index contributed by atoms with van der Waals surface area (Å²) in [5.74, 6) is 0.774. The van der Waals surface area contributed by atoms with E-state index in [9.17, 15) is 14.4 Å². The third-order valence-corrected chi connectivity index (χ3v) is 5.20. The molecule has 0 bridgehead atoms. The van der Waals surface area contributed by atoms with Gasteiger partial charge in [0.2, 0.25) is 5.91 Å². The lowest BCUT2D eigenvalue weighted by Crippen LogP contribution is -2.35. The van der Waals surface area contributed by atoms with E-state index in [1.165, 1.54) is 4.90 Å². The lowest BCUT2D eigenvalue weighted by atomic mass is 10.0. The smallest absolute Gasteiger partial charge is 0.325 e. The first-order valence-electron chi connectivity index (χ1n) is 9.66. The van der Waals surface area contributed by atoms with Crippen molar-refractivity contribution in [2.45, 2.75) is 38.3 Å². The van der Waals surface area contributed by atoms with Crippen LogP contribution in [-0.4, -0.2) is 55.7 Å². The van der Waals surface area contributed by atoms with Crippen LogP contribution in [0.15, 0.2) is 24.3 Å². The number of nitrogens with one attached hydrogen (secondary N) is 2. The van der Waals surface area contributed by atoms with Crippen LogP contribution >= 0.6 is 0 Å². The molecule has 0 spiro atoms. The van der Waals surface area contributed by atoms with Crippen LogP contribution in [0.1, 0.15) is 31.2 Å². The molecule has 2 N–H and O–H groups in total. The minimum Gasteiger partial charge on any atom is -0.497 e. The highest BCUT2D eigenvalue weighted by Gasteiger charge is 2.37. The summed E-state index contributed by atoms with van der Waals surface area (Å²) >= 11 is 0. The van der Waals surface area contributed by atoms with Crippen molar-refractivity contribution in [2.75, 3.05) is 26.9 Å². The summed E-state index contributed by atoms with van der Waals surface area (Å²) in [5.41, 5.74) is 0.833. The van der Waals surface area contributed by atoms with Crippen LogP contribution in [0, 0.1) is 5.92 Å². The van der Waals surface area contributed by atoms with E-state index in [1.807, 2.05) is 12.1 Å². The first kappa shape index (κ1) is 20.1. The molecule has 0 aliphatic carbocycles. The van der Waals surface area contributed by atoms with E-state index in [1.54, 1.807) is 19.2 Å². The van der Waals surface area contributed by atoms with E-state index in [4.69, 9.17) is 9.47 Å². The fourth-order valence-electron chi connectivity index (χ4n) is 3.41. The summed E-state index contributed by atoms with van der Waals surface area (Å²) < 4.78 is 10.4. The summed E-state index contributed by atoms with van der Waals surface area (Å²) in [5, 5.41) is 5.59. The molecule has 3 rings (SSSR count). The van der Waals surface area contributed by atoms with Crippen LogP contribution in [0.5, 0.6) is 5.75 Å². The zero-order valence-electron chi connectivity index (χ0n) is 16.1. The Kier molecular flexibility index (Phi) is 6.86. The van der Waals surface area contributed by atoms with Gasteiger partial charge in [-0.1, -0.05) is 12.1 Å². The van der Waals surface area contributed by atoms with Crippen LogP contribution in [0.2, 0.25) is 0 Å². The van der Waals surface area contributed by atoms with Crippen molar-refractivity contribution >= 4 is 17.8 Å². The molecule has 1 aromatic carbocycles. The van der Waals surface area contributed by atoms with Crippen LogP contribution < -0.4 is 15.4 Å². The average molecular weight is 389 g/mol. The molecule has 28 heavy (non-hydrogen) atoms. The van der Waals surface area contributed by atoms with Crippen molar-refractivity contribution in [3.05, 3.63) is 29.8 Å². The van der Waals surface area contributed by atoms with Gasteiger partial charge in [-0.2, -0.15) is 0 Å². The Morgan fingerprint density at radius 3 is 2.64 bits per heavy atom. The first-order valence-corrected chi connectivity index (χ1v) is 9.66. The molecule has 2 aliphatic heterocycles. The van der Waals surface area contributed by atoms with Crippen LogP contribution in [0.4, 0.5) is 4.79 Å². The number of carbonyl (C=O) groups excluding carboxylic acids is 3. The summed E-state index contributed by atoms with van der Waals surface area (Å²) in [7, 11) is 1.58. The highest BCUT2D eigenvalue weighted by Crippen LogP contribution is 2.18. The Balaban J connectivity index is 1.44. The van der Waals surface area contributed by atoms with Gasteiger partial charge in [0.05, 0.1) is 13.7 Å². The summed E-state index contributed by atoms with van der Waals surface area (Å²) in [4.78, 5) is 37.9. The van der Waals surface area contributed by atoms with Crippen molar-refractivity contribution < 1.29 is 23.9 Å². The number of ether oxygens (including phenoxy) is 2. The topological polar surface area (TPSA) is 97.0 Å². The van der Waals surface area contributed by atoms with Gasteiger partial charge in [0.15, 0.2) is 0 Å². The van der Waals surface area contributed by atoms with Crippen LogP contribution in [0.3, 0.4) is 0 Å². The van der Waals surface area contributed by atoms with Gasteiger partial charge in [0.1, 0.15) is 11.8 Å². The van der Waals surface area contributed by atoms with Crippen LogP contribution in [-0.2, 0) is 20.9 Å². The molecule has 2 heterocycles. The number of nitrogens with zero attached hydrogens (tertiary/aromatic N) is 1. The van der Waals surface area contributed by atoms with Gasteiger partial charge < -0.3 is 20.1 Å². The van der Waals surface area contributed by atoms with E-state index in [0.29, 0.717) is 24.6 Å². The summed E-state index contributed by atoms with van der Waals surface area (Å²) in [6.07, 6.45) is 2.41. The van der Waals surface area contributed by atoms with Crippen molar-refractivity contribution in [3.8, 4) is 5.75 Å². The van der Waals surface area contributed by atoms with Gasteiger partial charge in [0, 0.05) is 26.2 Å². The second kappa shape index (κ2) is 9.54. The second-order valence-corrected chi connectivity index (χ2v) is 7.17. The molecule has 8 heteroatoms. The maximum Gasteiger partial charge on any atom is 0.325 e. The highest BCUT2D eigenvalue weighted by molar-refractivity contribution is 6.04. The van der Waals surface area contributed by atoms with Gasteiger partial charge in [-0.25, -0.2) is 4.79 Å². The molecule has 4 amide bonds. The molecule has 1 atom stereocenters. The van der Waals surface area contributed by atoms with Crippen molar-refractivity contribution in [3.63, 3.8) is 0 Å². The normalized spacial score (nSPS) is 20.2. The third kappa shape index (κ3) is 5.22. The zero-order chi connectivity index (χ0) is 19.9. The predicted octanol–water partition coefficient (Wildman–Crippen LogP) is 1.44. The van der Waals surface area contributed by atoms with Gasteiger partial charge in [0.25, 0.3) is 5.91 Å². The lowest BCUT2D eigenvalue weighted by molar-refractivity contribution is -0.128. The van der Waals surface area contributed by atoms with Crippen molar-refractivity contribution in [2.24, 2.45) is 5.92 Å². The SMILES string of the molecule is COc1ccc(CN2C(=O)NC(CCC(=O)NCC3CCOCC3)C2=O)cc1. The van der Waals surface area contributed by atoms with E-state index in [2.05, 4.69) is 10.6 Å². The predicted molar refractivity (Wildman–Crippen MR) is 102 cm³/mol. The van der Waals surface area contributed by atoms with E-state index < -0.39 is 12.1 Å². The maximum atomic E-state index is 12.5. The molecular formula is C20H27N3O5. The maximum absolute atomic E-state index is 12.5. The Bertz CT molecular complexity index is 700. The molecule has 0 aromatic heterocycles. The molecule has 1 unspecified atom stereocenters. The van der Waals surface area contributed by atoms with Gasteiger partial charge in [-0.05, 0) is 42.9 Å². The molecule has 1 aromatic rings. The largest absolute Gasteiger partial charge is 0.497 e. The molecule has 152 valence electrons. The minimum absolute atomic E-state index is 0.0952. The second-order valence-electron chi connectivity index (χ2n) is 7.17. The molecule has 0 saturated carbocycles. The molecular weight excluding hydrogens is 362 g/mol. The lowest BCUT2D eigenvalue weighted by Gasteiger charge is -2.22. The number of rotatable bonds is 8. The molecule has 2 aliphatic rings. The number of hydrogen-bond donors (Lipinski definition) is 2. The molecule has 2 saturated heterocycles. The van der Waals surface area contributed by atoms with Gasteiger partial charge in [-0.3, -0.25) is 14.5 Å². The third-order valence-electron chi connectivity index (χ3n) is 5.20. The number of benzene rings is 1. The van der Waals surface area contributed by atoms with Crippen LogP contribution in [0.25, 0.3) is 0 Å². The fourth-order valence-corrected chi connectivity index (χ4v) is 3.41. The zero-order valence-corrected chi connectivity index (χ0v) is 16.1. The van der Waals surface area contributed by atoms with E-state index >= 15 is 0 Å². The van der Waals surface area contributed by atoms with E-state index in [0.717, 1.165) is 31.6 Å². The Hall–Kier alpha value is -2.61. The molecule has 8 nitrogen and oxygen atoms in total. The standard InChI is InChI=1S/C20H27N3O5/c1-27-16-4-2-15(3-5-16)13-23-19(25)17(22-20(23)26)6-7-18(24)21-12-14-8-10-28-11-9-14/h2-5,14,17H,6-13H2,1H3,(H,21,24)(H,22,26). The minimum atomic E-state index is -0.653. The fraction of sp³-hybridized carbons (Fsp3) is 0.550. The number of hydrogen-bond acceptors (Lipinski definition) is 5. The average Bonchev–Trinajstić information content (AvgIpc) is 2.99. The number of imide groups is 1. The first-order chi connectivity index (χ1) is 13.6. The molecule has 0 radical (unpaired) electrons. The van der Waals surface area contributed by atoms with Crippen molar-refractivity contribution in [1.29, 1.82) is 0 Å². The highest BCUT2D eigenvalue weighted by atomic mass is 16.5.